The molecule has 2 aromatic rings. The van der Waals surface area contributed by atoms with Gasteiger partial charge in [-0.05, 0) is 37.5 Å². The van der Waals surface area contributed by atoms with Crippen LogP contribution in [0.15, 0.2) is 54.6 Å². The maximum atomic E-state index is 6.64. The van der Waals surface area contributed by atoms with Crippen LogP contribution in [0.25, 0.3) is 0 Å². The number of hydrogen-bond donors (Lipinski definition) is 1. The minimum atomic E-state index is -0.189. The van der Waals surface area contributed by atoms with Crippen molar-refractivity contribution < 1.29 is 14.2 Å². The zero-order chi connectivity index (χ0) is 20.2. The Morgan fingerprint density at radius 2 is 1.90 bits per heavy atom. The van der Waals surface area contributed by atoms with E-state index in [1.54, 1.807) is 7.11 Å². The molecule has 0 bridgehead atoms. The molecule has 2 aliphatic heterocycles. The second-order valence-corrected chi connectivity index (χ2v) is 8.00. The Morgan fingerprint density at radius 3 is 2.62 bits per heavy atom. The number of anilines is 1. The van der Waals surface area contributed by atoms with Crippen molar-refractivity contribution >= 4 is 5.69 Å². The van der Waals surface area contributed by atoms with Crippen molar-refractivity contribution in [2.75, 3.05) is 25.5 Å². The summed E-state index contributed by atoms with van der Waals surface area (Å²) in [6, 6.07) is 18.7. The highest BCUT2D eigenvalue weighted by atomic mass is 16.6. The molecule has 2 aliphatic rings. The molecule has 1 saturated heterocycles. The van der Waals surface area contributed by atoms with E-state index in [0.29, 0.717) is 0 Å². The number of hydrogen-bond acceptors (Lipinski definition) is 5. The predicted molar refractivity (Wildman–Crippen MR) is 115 cm³/mol. The summed E-state index contributed by atoms with van der Waals surface area (Å²) in [6.45, 7) is 6.09. The number of rotatable bonds is 6. The van der Waals surface area contributed by atoms with Crippen LogP contribution in [0.1, 0.15) is 38.3 Å². The number of para-hydroxylation sites is 2. The number of likely N-dealkylation sites (tertiary alicyclic amines) is 1. The van der Waals surface area contributed by atoms with E-state index in [-0.39, 0.29) is 30.6 Å². The summed E-state index contributed by atoms with van der Waals surface area (Å²) in [4.78, 5) is 2.38. The zero-order valence-electron chi connectivity index (χ0n) is 17.6. The number of nitrogens with zero attached hydrogens (tertiary/aromatic N) is 1. The summed E-state index contributed by atoms with van der Waals surface area (Å²) in [7, 11) is 1.79. The quantitative estimate of drug-likeness (QED) is 0.781. The zero-order valence-corrected chi connectivity index (χ0v) is 17.6. The summed E-state index contributed by atoms with van der Waals surface area (Å²) in [5.74, 6) is 0.870. The fourth-order valence-corrected chi connectivity index (χ4v) is 4.20. The van der Waals surface area contributed by atoms with Gasteiger partial charge in [-0.2, -0.15) is 0 Å². The van der Waals surface area contributed by atoms with Crippen molar-refractivity contribution in [1.29, 1.82) is 0 Å². The molecule has 5 nitrogen and oxygen atoms in total. The van der Waals surface area contributed by atoms with Gasteiger partial charge in [0.05, 0.1) is 23.9 Å². The molecule has 29 heavy (non-hydrogen) atoms. The van der Waals surface area contributed by atoms with Crippen molar-refractivity contribution in [3.63, 3.8) is 0 Å². The third-order valence-corrected chi connectivity index (χ3v) is 6.05. The Hall–Kier alpha value is -2.08. The molecule has 4 rings (SSSR count). The van der Waals surface area contributed by atoms with Crippen molar-refractivity contribution in [1.82, 2.24) is 4.90 Å². The lowest BCUT2D eigenvalue weighted by Gasteiger charge is -2.37. The van der Waals surface area contributed by atoms with E-state index in [4.69, 9.17) is 14.2 Å². The minimum Gasteiger partial charge on any atom is -0.470 e. The lowest BCUT2D eigenvalue weighted by molar-refractivity contribution is -0.120. The molecular weight excluding hydrogens is 364 g/mol. The van der Waals surface area contributed by atoms with Gasteiger partial charge in [-0.15, -0.1) is 0 Å². The molecule has 0 aromatic heterocycles. The van der Waals surface area contributed by atoms with Gasteiger partial charge in [0.1, 0.15) is 11.9 Å². The summed E-state index contributed by atoms with van der Waals surface area (Å²) in [5.41, 5.74) is 2.21. The Labute approximate surface area is 174 Å². The lowest BCUT2D eigenvalue weighted by Crippen LogP contribution is -2.51. The van der Waals surface area contributed by atoms with Gasteiger partial charge in [-0.25, -0.2) is 0 Å². The standard InChI is InChI=1S/C24H32N2O3/c1-4-17(2)28-23-22(18-10-6-5-7-11-18)25-20-12-8-9-13-21(20)29-24(23)26-15-14-19(16-26)27-3/h5-13,17,19,22-25H,4,14-16H2,1-3H3. The first-order valence-electron chi connectivity index (χ1n) is 10.7. The van der Waals surface area contributed by atoms with E-state index in [2.05, 4.69) is 60.5 Å². The molecule has 2 aromatic carbocycles. The topological polar surface area (TPSA) is 43.0 Å². The van der Waals surface area contributed by atoms with Gasteiger partial charge < -0.3 is 19.5 Å². The minimum absolute atomic E-state index is 0.0135. The van der Waals surface area contributed by atoms with Crippen LogP contribution in [0.5, 0.6) is 5.75 Å². The van der Waals surface area contributed by atoms with Crippen LogP contribution in [0.2, 0.25) is 0 Å². The van der Waals surface area contributed by atoms with E-state index in [1.807, 2.05) is 18.2 Å². The van der Waals surface area contributed by atoms with E-state index >= 15 is 0 Å². The van der Waals surface area contributed by atoms with Crippen LogP contribution in [-0.2, 0) is 9.47 Å². The molecule has 0 spiro atoms. The van der Waals surface area contributed by atoms with Crippen molar-refractivity contribution in [3.8, 4) is 5.75 Å². The van der Waals surface area contributed by atoms with E-state index in [1.165, 1.54) is 5.56 Å². The maximum Gasteiger partial charge on any atom is 0.181 e. The van der Waals surface area contributed by atoms with E-state index < -0.39 is 0 Å². The molecule has 0 saturated carbocycles. The molecule has 1 fully saturated rings. The monoisotopic (exact) mass is 396 g/mol. The van der Waals surface area contributed by atoms with Gasteiger partial charge in [-0.3, -0.25) is 4.90 Å². The SMILES string of the molecule is CCC(C)OC1C(c2ccccc2)Nc2ccccc2OC1N1CCC(OC)C1. The van der Waals surface area contributed by atoms with E-state index in [0.717, 1.165) is 37.4 Å². The summed E-state index contributed by atoms with van der Waals surface area (Å²) in [6.07, 6.45) is 2.00. The van der Waals surface area contributed by atoms with Crippen LogP contribution in [0.4, 0.5) is 5.69 Å². The number of methoxy groups -OCH3 is 1. The molecular formula is C24H32N2O3. The summed E-state index contributed by atoms with van der Waals surface area (Å²) < 4.78 is 18.9. The van der Waals surface area contributed by atoms with E-state index in [9.17, 15) is 0 Å². The largest absolute Gasteiger partial charge is 0.470 e. The summed E-state index contributed by atoms with van der Waals surface area (Å²) in [5, 5.41) is 3.73. The molecule has 156 valence electrons. The average Bonchev–Trinajstić information content (AvgIpc) is 3.18. The first-order chi connectivity index (χ1) is 14.2. The van der Waals surface area contributed by atoms with Crippen molar-refractivity contribution in [2.24, 2.45) is 0 Å². The Bertz CT molecular complexity index is 785. The van der Waals surface area contributed by atoms with Crippen LogP contribution >= 0.6 is 0 Å². The first kappa shape index (κ1) is 20.2. The number of ether oxygens (including phenoxy) is 3. The van der Waals surface area contributed by atoms with Crippen LogP contribution in [0.3, 0.4) is 0 Å². The van der Waals surface area contributed by atoms with Gasteiger partial charge in [0, 0.05) is 20.2 Å². The Kier molecular flexibility index (Phi) is 6.38. The normalized spacial score (nSPS) is 28.1. The number of benzene rings is 2. The fraction of sp³-hybridized carbons (Fsp3) is 0.500. The molecule has 2 heterocycles. The first-order valence-corrected chi connectivity index (χ1v) is 10.7. The molecule has 5 unspecified atom stereocenters. The highest BCUT2D eigenvalue weighted by Crippen LogP contribution is 2.39. The van der Waals surface area contributed by atoms with Gasteiger partial charge in [0.15, 0.2) is 6.23 Å². The molecule has 0 aliphatic carbocycles. The maximum absolute atomic E-state index is 6.64. The molecule has 5 heteroatoms. The van der Waals surface area contributed by atoms with Gasteiger partial charge in [0.25, 0.3) is 0 Å². The molecule has 1 N–H and O–H groups in total. The number of fused-ring (bicyclic) bond motifs is 1. The third kappa shape index (κ3) is 4.42. The highest BCUT2D eigenvalue weighted by molar-refractivity contribution is 5.58. The van der Waals surface area contributed by atoms with Crippen LogP contribution < -0.4 is 10.1 Å². The number of nitrogens with one attached hydrogen (secondary N) is 1. The third-order valence-electron chi connectivity index (χ3n) is 6.05. The fourth-order valence-electron chi connectivity index (χ4n) is 4.20. The predicted octanol–water partition coefficient (Wildman–Crippen LogP) is 4.46. The average molecular weight is 397 g/mol. The molecule has 0 radical (unpaired) electrons. The highest BCUT2D eigenvalue weighted by Gasteiger charge is 2.43. The van der Waals surface area contributed by atoms with Crippen molar-refractivity contribution in [3.05, 3.63) is 60.2 Å². The van der Waals surface area contributed by atoms with Gasteiger partial charge >= 0.3 is 0 Å². The molecule has 5 atom stereocenters. The van der Waals surface area contributed by atoms with Crippen LogP contribution in [-0.4, -0.2) is 49.6 Å². The van der Waals surface area contributed by atoms with Crippen LogP contribution in [0, 0.1) is 0 Å². The van der Waals surface area contributed by atoms with Gasteiger partial charge in [0.2, 0.25) is 0 Å². The smallest absolute Gasteiger partial charge is 0.181 e. The van der Waals surface area contributed by atoms with Crippen molar-refractivity contribution in [2.45, 2.75) is 57.3 Å². The Balaban J connectivity index is 1.75. The second kappa shape index (κ2) is 9.16. The van der Waals surface area contributed by atoms with Gasteiger partial charge in [-0.1, -0.05) is 49.4 Å². The molecule has 0 amide bonds. The summed E-state index contributed by atoms with van der Waals surface area (Å²) >= 11 is 0. The Morgan fingerprint density at radius 1 is 1.14 bits per heavy atom. The second-order valence-electron chi connectivity index (χ2n) is 8.00. The lowest BCUT2D eigenvalue weighted by atomic mass is 9.99.